The Morgan fingerprint density at radius 2 is 2.11 bits per heavy atom. The molecule has 7 nitrogen and oxygen atoms in total. The molecule has 1 aliphatic carbocycles. The van der Waals surface area contributed by atoms with Crippen molar-refractivity contribution in [3.8, 4) is 0 Å². The Balaban J connectivity index is 1.53. The SMILES string of the molecule is Cc1oc2ncnc(NC3(C)CC3)c2c1C(O)Nc1ccc2ncsc2c1. The molecule has 5 rings (SSSR count). The number of rotatable bonds is 5. The molecular formula is C19H19N5O2S. The predicted octanol–water partition coefficient (Wildman–Crippen LogP) is 4.21. The summed E-state index contributed by atoms with van der Waals surface area (Å²) in [5, 5.41) is 18.3. The lowest BCUT2D eigenvalue weighted by atomic mass is 10.1. The Kier molecular flexibility index (Phi) is 3.60. The zero-order chi connectivity index (χ0) is 18.6. The normalized spacial score (nSPS) is 16.6. The molecular weight excluding hydrogens is 362 g/mol. The fourth-order valence-electron chi connectivity index (χ4n) is 3.26. The Hall–Kier alpha value is -2.71. The molecule has 0 bridgehead atoms. The lowest BCUT2D eigenvalue weighted by Crippen LogP contribution is -2.18. The third kappa shape index (κ3) is 2.90. The van der Waals surface area contributed by atoms with Crippen molar-refractivity contribution in [2.75, 3.05) is 10.6 Å². The first-order chi connectivity index (χ1) is 13.0. The number of anilines is 2. The highest BCUT2D eigenvalue weighted by molar-refractivity contribution is 7.16. The van der Waals surface area contributed by atoms with E-state index in [-0.39, 0.29) is 5.54 Å². The molecule has 8 heteroatoms. The molecule has 1 fully saturated rings. The first kappa shape index (κ1) is 16.5. The second-order valence-corrected chi connectivity index (χ2v) is 8.13. The van der Waals surface area contributed by atoms with E-state index in [0.29, 0.717) is 22.9 Å². The molecule has 1 aromatic carbocycles. The van der Waals surface area contributed by atoms with E-state index in [1.54, 1.807) is 11.3 Å². The largest absolute Gasteiger partial charge is 0.442 e. The number of furan rings is 1. The molecule has 4 aromatic rings. The van der Waals surface area contributed by atoms with Gasteiger partial charge in [-0.25, -0.2) is 15.0 Å². The molecule has 0 radical (unpaired) electrons. The highest BCUT2D eigenvalue weighted by Crippen LogP contribution is 2.41. The maximum absolute atomic E-state index is 10.9. The molecule has 0 amide bonds. The van der Waals surface area contributed by atoms with E-state index in [0.717, 1.165) is 34.1 Å². The van der Waals surface area contributed by atoms with Gasteiger partial charge in [-0.1, -0.05) is 0 Å². The highest BCUT2D eigenvalue weighted by atomic mass is 32.1. The number of hydrogen-bond acceptors (Lipinski definition) is 8. The summed E-state index contributed by atoms with van der Waals surface area (Å²) in [4.78, 5) is 12.9. The van der Waals surface area contributed by atoms with Crippen LogP contribution in [-0.4, -0.2) is 25.6 Å². The van der Waals surface area contributed by atoms with E-state index < -0.39 is 6.23 Å². The molecule has 3 heterocycles. The minimum atomic E-state index is -0.949. The van der Waals surface area contributed by atoms with Crippen LogP contribution in [0.3, 0.4) is 0 Å². The standard InChI is InChI=1S/C19H19N5O2S/c1-10-14(17(25)23-11-3-4-12-13(7-11)27-9-22-12)15-16(24-19(2)5-6-19)20-8-21-18(15)26-10/h3-4,7-9,17,23,25H,5-6H2,1-2H3,(H,20,21,24). The van der Waals surface area contributed by atoms with Gasteiger partial charge in [-0.2, -0.15) is 0 Å². The predicted molar refractivity (Wildman–Crippen MR) is 106 cm³/mol. The van der Waals surface area contributed by atoms with Crippen LogP contribution >= 0.6 is 11.3 Å². The van der Waals surface area contributed by atoms with E-state index in [2.05, 4.69) is 32.5 Å². The highest BCUT2D eigenvalue weighted by Gasteiger charge is 2.38. The van der Waals surface area contributed by atoms with Crippen molar-refractivity contribution in [3.05, 3.63) is 41.4 Å². The van der Waals surface area contributed by atoms with Crippen molar-refractivity contribution in [1.29, 1.82) is 0 Å². The minimum absolute atomic E-state index is 0.0549. The molecule has 3 aromatic heterocycles. The summed E-state index contributed by atoms with van der Waals surface area (Å²) in [7, 11) is 0. The number of aryl methyl sites for hydroxylation is 1. The zero-order valence-electron chi connectivity index (χ0n) is 15.0. The summed E-state index contributed by atoms with van der Waals surface area (Å²) >= 11 is 1.57. The number of nitrogens with zero attached hydrogens (tertiary/aromatic N) is 3. The van der Waals surface area contributed by atoms with Crippen LogP contribution in [0.15, 0.2) is 34.5 Å². The van der Waals surface area contributed by atoms with Crippen molar-refractivity contribution in [3.63, 3.8) is 0 Å². The van der Waals surface area contributed by atoms with E-state index in [4.69, 9.17) is 4.42 Å². The molecule has 0 saturated heterocycles. The molecule has 3 N–H and O–H groups in total. The van der Waals surface area contributed by atoms with Gasteiger partial charge in [-0.3, -0.25) is 0 Å². The smallest absolute Gasteiger partial charge is 0.231 e. The van der Waals surface area contributed by atoms with E-state index >= 15 is 0 Å². The average Bonchev–Trinajstić information content (AvgIpc) is 3.05. The van der Waals surface area contributed by atoms with Gasteiger partial charge in [-0.15, -0.1) is 11.3 Å². The van der Waals surface area contributed by atoms with Crippen molar-refractivity contribution >= 4 is 44.2 Å². The molecule has 27 heavy (non-hydrogen) atoms. The number of fused-ring (bicyclic) bond motifs is 2. The number of nitrogens with one attached hydrogen (secondary N) is 2. The van der Waals surface area contributed by atoms with Crippen LogP contribution in [0.4, 0.5) is 11.5 Å². The summed E-state index contributed by atoms with van der Waals surface area (Å²) in [6.45, 7) is 3.99. The second-order valence-electron chi connectivity index (χ2n) is 7.24. The minimum Gasteiger partial charge on any atom is -0.442 e. The van der Waals surface area contributed by atoms with Crippen LogP contribution in [0, 0.1) is 6.92 Å². The summed E-state index contributed by atoms with van der Waals surface area (Å²) in [6.07, 6.45) is 2.73. The van der Waals surface area contributed by atoms with Crippen molar-refractivity contribution in [2.45, 2.75) is 38.5 Å². The van der Waals surface area contributed by atoms with Crippen LogP contribution in [0.5, 0.6) is 0 Å². The van der Waals surface area contributed by atoms with Crippen molar-refractivity contribution < 1.29 is 9.52 Å². The Labute approximate surface area is 159 Å². The summed E-state index contributed by atoms with van der Waals surface area (Å²) in [5.41, 5.74) is 4.76. The van der Waals surface area contributed by atoms with Gasteiger partial charge in [0.25, 0.3) is 0 Å². The van der Waals surface area contributed by atoms with Crippen LogP contribution in [0.25, 0.3) is 21.3 Å². The zero-order valence-corrected chi connectivity index (χ0v) is 15.8. The number of aliphatic hydroxyl groups is 1. The van der Waals surface area contributed by atoms with Gasteiger partial charge in [0, 0.05) is 11.2 Å². The van der Waals surface area contributed by atoms with Gasteiger partial charge in [0.1, 0.15) is 17.9 Å². The van der Waals surface area contributed by atoms with Gasteiger partial charge in [-0.05, 0) is 44.9 Å². The fraction of sp³-hybridized carbons (Fsp3) is 0.316. The number of aliphatic hydroxyl groups excluding tert-OH is 1. The maximum atomic E-state index is 10.9. The molecule has 1 unspecified atom stereocenters. The van der Waals surface area contributed by atoms with Gasteiger partial charge in [0.15, 0.2) is 6.23 Å². The van der Waals surface area contributed by atoms with Crippen LogP contribution in [0.1, 0.15) is 37.3 Å². The van der Waals surface area contributed by atoms with Gasteiger partial charge in [0.05, 0.1) is 26.7 Å². The summed E-state index contributed by atoms with van der Waals surface area (Å²) in [6, 6.07) is 5.82. The number of benzene rings is 1. The topological polar surface area (TPSA) is 96.1 Å². The second kappa shape index (κ2) is 5.90. The third-order valence-corrected chi connectivity index (χ3v) is 5.83. The molecule has 0 aliphatic heterocycles. The Bertz CT molecular complexity index is 1150. The van der Waals surface area contributed by atoms with E-state index in [1.807, 2.05) is 30.6 Å². The fourth-order valence-corrected chi connectivity index (χ4v) is 3.98. The molecule has 0 spiro atoms. The Morgan fingerprint density at radius 1 is 1.26 bits per heavy atom. The lowest BCUT2D eigenvalue weighted by molar-refractivity contribution is 0.207. The maximum Gasteiger partial charge on any atom is 0.231 e. The third-order valence-electron chi connectivity index (χ3n) is 5.04. The van der Waals surface area contributed by atoms with Crippen molar-refractivity contribution in [1.82, 2.24) is 15.0 Å². The van der Waals surface area contributed by atoms with Gasteiger partial charge < -0.3 is 20.2 Å². The van der Waals surface area contributed by atoms with Crippen LogP contribution in [0.2, 0.25) is 0 Å². The van der Waals surface area contributed by atoms with E-state index in [1.165, 1.54) is 6.33 Å². The average molecular weight is 381 g/mol. The quantitative estimate of drug-likeness (QED) is 0.446. The lowest BCUT2D eigenvalue weighted by Gasteiger charge is -2.17. The molecule has 138 valence electrons. The van der Waals surface area contributed by atoms with Crippen LogP contribution in [-0.2, 0) is 0 Å². The Morgan fingerprint density at radius 3 is 2.93 bits per heavy atom. The van der Waals surface area contributed by atoms with Crippen molar-refractivity contribution in [2.24, 2.45) is 0 Å². The van der Waals surface area contributed by atoms with Gasteiger partial charge in [0.2, 0.25) is 5.71 Å². The summed E-state index contributed by atoms with van der Waals surface area (Å²) < 4.78 is 6.86. The monoisotopic (exact) mass is 381 g/mol. The molecule has 1 aliphatic rings. The molecule has 1 atom stereocenters. The van der Waals surface area contributed by atoms with Crippen LogP contribution < -0.4 is 10.6 Å². The number of aromatic nitrogens is 3. The summed E-state index contributed by atoms with van der Waals surface area (Å²) in [5.74, 6) is 1.32. The number of thiazole rings is 1. The first-order valence-corrected chi connectivity index (χ1v) is 9.70. The van der Waals surface area contributed by atoms with Gasteiger partial charge >= 0.3 is 0 Å². The number of hydrogen-bond donors (Lipinski definition) is 3. The first-order valence-electron chi connectivity index (χ1n) is 8.82. The van der Waals surface area contributed by atoms with E-state index in [9.17, 15) is 5.11 Å². The molecule has 1 saturated carbocycles.